The molecule has 1 aliphatic rings. The zero-order chi connectivity index (χ0) is 31.8. The first-order valence-electron chi connectivity index (χ1n) is 14.7. The van der Waals surface area contributed by atoms with Crippen LogP contribution in [0.1, 0.15) is 57.1 Å². The Morgan fingerprint density at radius 2 is 1.62 bits per heavy atom. The lowest BCUT2D eigenvalue weighted by atomic mass is 9.94. The van der Waals surface area contributed by atoms with E-state index in [1.807, 2.05) is 54.6 Å². The highest BCUT2D eigenvalue weighted by atomic mass is 19.3. The van der Waals surface area contributed by atoms with Gasteiger partial charge < -0.3 is 19.9 Å². The van der Waals surface area contributed by atoms with Gasteiger partial charge in [-0.05, 0) is 83.8 Å². The maximum absolute atomic E-state index is 13.7. The monoisotopic (exact) mass is 619 g/mol. The molecule has 4 aromatic rings. The van der Waals surface area contributed by atoms with Crippen LogP contribution in [0.25, 0.3) is 6.08 Å². The molecule has 0 bridgehead atoms. The summed E-state index contributed by atoms with van der Waals surface area (Å²) in [6.07, 6.45) is -3.28. The number of aliphatic hydroxyl groups excluding tert-OH is 1. The Bertz CT molecular complexity index is 1610. The minimum absolute atomic E-state index is 0.0124. The second kappa shape index (κ2) is 14.4. The normalized spacial score (nSPS) is 14.3. The van der Waals surface area contributed by atoms with Crippen molar-refractivity contribution in [2.75, 3.05) is 0 Å². The number of hydrogen-bond donors (Lipinski definition) is 2. The first-order chi connectivity index (χ1) is 21.7. The molecule has 2 unspecified atom stereocenters. The van der Waals surface area contributed by atoms with Gasteiger partial charge in [0, 0.05) is 5.56 Å². The van der Waals surface area contributed by atoms with Gasteiger partial charge in [-0.3, -0.25) is 4.79 Å². The topological polar surface area (TPSA) is 67.8 Å². The predicted octanol–water partition coefficient (Wildman–Crippen LogP) is 7.93. The molecule has 0 radical (unpaired) electrons. The first-order valence-corrected chi connectivity index (χ1v) is 14.7. The molecule has 9 heteroatoms. The van der Waals surface area contributed by atoms with Gasteiger partial charge in [0.05, 0.1) is 12.1 Å². The van der Waals surface area contributed by atoms with Gasteiger partial charge in [-0.15, -0.1) is 0 Å². The maximum atomic E-state index is 13.7. The van der Waals surface area contributed by atoms with Gasteiger partial charge in [-0.1, -0.05) is 78.9 Å². The second-order valence-corrected chi connectivity index (χ2v) is 10.9. The molecular weight excluding hydrogens is 586 g/mol. The molecule has 0 spiro atoms. The van der Waals surface area contributed by atoms with Crippen LogP contribution < -0.4 is 14.8 Å². The number of amides is 1. The lowest BCUT2D eigenvalue weighted by molar-refractivity contribution is -0.253. The van der Waals surface area contributed by atoms with Crippen molar-refractivity contribution in [1.29, 1.82) is 0 Å². The number of aryl methyl sites for hydroxylation is 1. The quantitative estimate of drug-likeness (QED) is 0.158. The van der Waals surface area contributed by atoms with E-state index in [2.05, 4.69) is 10.1 Å². The Balaban J connectivity index is 1.39. The number of halogens is 4. The molecule has 5 rings (SSSR count). The third-order valence-electron chi connectivity index (χ3n) is 7.57. The van der Waals surface area contributed by atoms with Crippen LogP contribution in [0.15, 0.2) is 103 Å². The largest absolute Gasteiger partial charge is 0.489 e. The van der Waals surface area contributed by atoms with Crippen LogP contribution in [-0.4, -0.2) is 29.6 Å². The molecule has 0 saturated heterocycles. The number of aliphatic hydroxyl groups is 1. The van der Waals surface area contributed by atoms with Crippen molar-refractivity contribution in [2.45, 2.75) is 57.0 Å². The van der Waals surface area contributed by atoms with Crippen LogP contribution in [0, 0.1) is 0 Å². The number of alkyl halides is 4. The number of carbonyl (C=O) groups is 1. The Hall–Kier alpha value is -4.63. The summed E-state index contributed by atoms with van der Waals surface area (Å²) in [5.41, 5.74) is 4.17. The van der Waals surface area contributed by atoms with Gasteiger partial charge in [0.25, 0.3) is 5.91 Å². The summed E-state index contributed by atoms with van der Waals surface area (Å²) < 4.78 is 62.8. The third-order valence-corrected chi connectivity index (χ3v) is 7.57. The van der Waals surface area contributed by atoms with Crippen LogP contribution in [0.3, 0.4) is 0 Å². The molecule has 0 saturated carbocycles. The van der Waals surface area contributed by atoms with Gasteiger partial charge in [0.1, 0.15) is 18.1 Å². The average molecular weight is 620 g/mol. The standard InChI is InChI=1S/C36H33F4NO4/c37-35(38)36(39,40)45-29-14-7-11-25(21-29)22-32(41-34(43)31-16-8-13-26-12-5-2-6-15-30(26)31)33(42)27-17-19-28(20-18-27)44-23-24-9-3-1-4-10-24/h1,3-4,6-11,13-21,32-33,35,42H,2,5,12,22-23H2,(H,41,43). The number of fused-ring (bicyclic) bond motifs is 1. The number of ether oxygens (including phenoxy) is 2. The Morgan fingerprint density at radius 3 is 2.38 bits per heavy atom. The number of benzene rings is 4. The highest BCUT2D eigenvalue weighted by Crippen LogP contribution is 2.30. The molecule has 1 aliphatic carbocycles. The minimum atomic E-state index is -4.67. The molecule has 234 valence electrons. The van der Waals surface area contributed by atoms with Crippen LogP contribution in [0.4, 0.5) is 17.6 Å². The van der Waals surface area contributed by atoms with Crippen LogP contribution in [-0.2, 0) is 19.4 Å². The smallest absolute Gasteiger partial charge is 0.461 e. The molecule has 45 heavy (non-hydrogen) atoms. The van der Waals surface area contributed by atoms with E-state index in [0.717, 1.165) is 42.0 Å². The number of allylic oxidation sites excluding steroid dienone is 1. The molecule has 0 aliphatic heterocycles. The zero-order valence-corrected chi connectivity index (χ0v) is 24.3. The summed E-state index contributed by atoms with van der Waals surface area (Å²) in [6.45, 7) is 0.361. The zero-order valence-electron chi connectivity index (χ0n) is 24.3. The third kappa shape index (κ3) is 8.30. The van der Waals surface area contributed by atoms with Gasteiger partial charge in [0.2, 0.25) is 0 Å². The van der Waals surface area contributed by atoms with Gasteiger partial charge >= 0.3 is 12.5 Å². The molecule has 4 aromatic carbocycles. The number of hydrogen-bond acceptors (Lipinski definition) is 4. The molecule has 2 N–H and O–H groups in total. The van der Waals surface area contributed by atoms with E-state index in [4.69, 9.17) is 4.74 Å². The molecule has 0 heterocycles. The van der Waals surface area contributed by atoms with Crippen molar-refractivity contribution in [3.05, 3.63) is 137 Å². The summed E-state index contributed by atoms with van der Waals surface area (Å²) in [5.74, 6) is -0.295. The second-order valence-electron chi connectivity index (χ2n) is 10.9. The molecular formula is C36H33F4NO4. The van der Waals surface area contributed by atoms with Crippen molar-refractivity contribution in [2.24, 2.45) is 0 Å². The number of carbonyl (C=O) groups excluding carboxylic acids is 1. The van der Waals surface area contributed by atoms with Gasteiger partial charge in [0.15, 0.2) is 0 Å². The lowest BCUT2D eigenvalue weighted by Gasteiger charge is -2.26. The fourth-order valence-electron chi connectivity index (χ4n) is 5.25. The van der Waals surface area contributed by atoms with Gasteiger partial charge in [-0.2, -0.15) is 17.6 Å². The fourth-order valence-corrected chi connectivity index (χ4v) is 5.25. The highest BCUT2D eigenvalue weighted by Gasteiger charge is 2.44. The van der Waals surface area contributed by atoms with Crippen LogP contribution in [0.2, 0.25) is 0 Å². The van der Waals surface area contributed by atoms with E-state index in [-0.39, 0.29) is 6.42 Å². The summed E-state index contributed by atoms with van der Waals surface area (Å²) in [6, 6.07) is 26.3. The molecule has 5 nitrogen and oxygen atoms in total. The summed E-state index contributed by atoms with van der Waals surface area (Å²) >= 11 is 0. The molecule has 1 amide bonds. The molecule has 0 aromatic heterocycles. The van der Waals surface area contributed by atoms with Crippen LogP contribution >= 0.6 is 0 Å². The maximum Gasteiger partial charge on any atom is 0.461 e. The van der Waals surface area contributed by atoms with Crippen molar-refractivity contribution in [3.63, 3.8) is 0 Å². The average Bonchev–Trinajstić information content (AvgIpc) is 3.29. The van der Waals surface area contributed by atoms with E-state index in [1.54, 1.807) is 36.4 Å². The van der Waals surface area contributed by atoms with E-state index < -0.39 is 36.3 Å². The van der Waals surface area contributed by atoms with Crippen LogP contribution in [0.5, 0.6) is 11.5 Å². The van der Waals surface area contributed by atoms with Crippen molar-refractivity contribution < 1.29 is 36.9 Å². The first kappa shape index (κ1) is 31.8. The minimum Gasteiger partial charge on any atom is -0.489 e. The van der Waals surface area contributed by atoms with E-state index >= 15 is 0 Å². The van der Waals surface area contributed by atoms with Crippen molar-refractivity contribution >= 4 is 12.0 Å². The highest BCUT2D eigenvalue weighted by molar-refractivity contribution is 5.98. The van der Waals surface area contributed by atoms with E-state index in [0.29, 0.717) is 29.0 Å². The Labute approximate surface area is 259 Å². The molecule has 0 fully saturated rings. The summed E-state index contributed by atoms with van der Waals surface area (Å²) in [4.78, 5) is 13.7. The Morgan fingerprint density at radius 1 is 0.889 bits per heavy atom. The fraction of sp³-hybridized carbons (Fsp3) is 0.250. The summed E-state index contributed by atoms with van der Waals surface area (Å²) in [5, 5.41) is 14.5. The van der Waals surface area contributed by atoms with Crippen molar-refractivity contribution in [3.8, 4) is 11.5 Å². The van der Waals surface area contributed by atoms with Gasteiger partial charge in [-0.25, -0.2) is 0 Å². The summed E-state index contributed by atoms with van der Waals surface area (Å²) in [7, 11) is 0. The van der Waals surface area contributed by atoms with Crippen molar-refractivity contribution in [1.82, 2.24) is 5.32 Å². The SMILES string of the molecule is O=C(NC(Cc1cccc(OC(F)(F)C(F)F)c1)C(O)c1ccc(OCc2ccccc2)cc1)c1cccc2c1C=CCCC2. The predicted molar refractivity (Wildman–Crippen MR) is 164 cm³/mol. The van der Waals surface area contributed by atoms with E-state index in [9.17, 15) is 27.5 Å². The Kier molecular flexibility index (Phi) is 10.2. The molecule has 2 atom stereocenters. The number of nitrogens with one attached hydrogen (secondary N) is 1. The van der Waals surface area contributed by atoms with E-state index in [1.165, 1.54) is 12.1 Å². The number of rotatable bonds is 12. The lowest BCUT2D eigenvalue weighted by Crippen LogP contribution is -2.41.